The topological polar surface area (TPSA) is 101 Å². The second-order valence-electron chi connectivity index (χ2n) is 6.43. The molecule has 3 aromatic rings. The molecule has 0 atom stereocenters. The maximum absolute atomic E-state index is 11.5. The second kappa shape index (κ2) is 9.94. The van der Waals surface area contributed by atoms with E-state index in [4.69, 9.17) is 29.0 Å². The Morgan fingerprint density at radius 3 is 2.42 bits per heavy atom. The Balaban J connectivity index is 1.95. The van der Waals surface area contributed by atoms with Crippen LogP contribution < -0.4 is 5.14 Å². The lowest BCUT2D eigenvalue weighted by atomic mass is 10.0. The fourth-order valence-electron chi connectivity index (χ4n) is 2.69. The minimum atomic E-state index is -3.78. The van der Waals surface area contributed by atoms with Gasteiger partial charge < -0.3 is 0 Å². The molecule has 0 bridgehead atoms. The standard InChI is InChI=1S/C20H19ClN4O3S3/c1-24(26)20(29)30-12-2-11-25-13-18(14-3-7-16(21)8-4-14)19(23-25)15-5-9-17(10-6-15)31(22,27)28/h2-11,13,26H,12H2,1H3,(H2,22,27,28). The molecule has 0 aliphatic rings. The molecule has 0 aliphatic carbocycles. The molecular formula is C20H19ClN4O3S3. The molecule has 0 fully saturated rings. The lowest BCUT2D eigenvalue weighted by Crippen LogP contribution is -2.17. The molecule has 1 aromatic heterocycles. The predicted molar refractivity (Wildman–Crippen MR) is 129 cm³/mol. The second-order valence-corrected chi connectivity index (χ2v) is 10.1. The summed E-state index contributed by atoms with van der Waals surface area (Å²) in [6.45, 7) is 0. The third kappa shape index (κ3) is 6.16. The van der Waals surface area contributed by atoms with Crippen molar-refractivity contribution in [2.45, 2.75) is 4.90 Å². The number of hydrogen-bond acceptors (Lipinski definition) is 6. The molecule has 0 saturated heterocycles. The highest BCUT2D eigenvalue weighted by Crippen LogP contribution is 2.32. The average Bonchev–Trinajstić information content (AvgIpc) is 3.15. The van der Waals surface area contributed by atoms with E-state index in [2.05, 4.69) is 5.10 Å². The molecule has 1 heterocycles. The van der Waals surface area contributed by atoms with Crippen molar-refractivity contribution in [2.75, 3.05) is 12.8 Å². The Bertz CT molecular complexity index is 1210. The molecule has 31 heavy (non-hydrogen) atoms. The van der Waals surface area contributed by atoms with Crippen LogP contribution in [-0.2, 0) is 10.0 Å². The molecule has 11 heteroatoms. The van der Waals surface area contributed by atoms with Gasteiger partial charge in [-0.2, -0.15) is 5.10 Å². The number of primary sulfonamides is 1. The lowest BCUT2D eigenvalue weighted by Gasteiger charge is -2.08. The fraction of sp³-hybridized carbons (Fsp3) is 0.100. The minimum absolute atomic E-state index is 0.0328. The molecule has 0 spiro atoms. The quantitative estimate of drug-likeness (QED) is 0.388. The molecular weight excluding hydrogens is 476 g/mol. The third-order valence-electron chi connectivity index (χ3n) is 4.17. The number of nitrogens with zero attached hydrogens (tertiary/aromatic N) is 3. The molecule has 0 saturated carbocycles. The number of rotatable bonds is 6. The van der Waals surface area contributed by atoms with E-state index in [1.807, 2.05) is 24.4 Å². The van der Waals surface area contributed by atoms with E-state index in [1.54, 1.807) is 35.1 Å². The zero-order chi connectivity index (χ0) is 22.6. The smallest absolute Gasteiger partial charge is 0.238 e. The van der Waals surface area contributed by atoms with E-state index < -0.39 is 10.0 Å². The molecule has 3 rings (SSSR count). The molecule has 2 aromatic carbocycles. The van der Waals surface area contributed by atoms with E-state index in [9.17, 15) is 13.6 Å². The lowest BCUT2D eigenvalue weighted by molar-refractivity contribution is 0.0205. The van der Waals surface area contributed by atoms with E-state index in [-0.39, 0.29) is 4.90 Å². The summed E-state index contributed by atoms with van der Waals surface area (Å²) in [6.07, 6.45) is 5.52. The number of benzene rings is 2. The first-order valence-corrected chi connectivity index (χ1v) is 12.2. The fourth-order valence-corrected chi connectivity index (χ4v) is 4.05. The van der Waals surface area contributed by atoms with Crippen LogP contribution in [0.15, 0.2) is 65.7 Å². The number of nitrogens with two attached hydrogens (primary N) is 1. The van der Waals surface area contributed by atoms with E-state index >= 15 is 0 Å². The van der Waals surface area contributed by atoms with E-state index in [0.29, 0.717) is 20.8 Å². The van der Waals surface area contributed by atoms with Crippen molar-refractivity contribution >= 4 is 56.1 Å². The average molecular weight is 495 g/mol. The highest BCUT2D eigenvalue weighted by Gasteiger charge is 2.14. The highest BCUT2D eigenvalue weighted by molar-refractivity contribution is 8.22. The van der Waals surface area contributed by atoms with Gasteiger partial charge in [-0.1, -0.05) is 65.9 Å². The van der Waals surface area contributed by atoms with Gasteiger partial charge >= 0.3 is 0 Å². The largest absolute Gasteiger partial charge is 0.287 e. The molecule has 0 amide bonds. The molecule has 162 valence electrons. The third-order valence-corrected chi connectivity index (χ3v) is 6.84. The van der Waals surface area contributed by atoms with E-state index in [1.165, 1.54) is 30.9 Å². The number of hydroxylamine groups is 2. The van der Waals surface area contributed by atoms with Crippen molar-refractivity contribution < 1.29 is 13.6 Å². The number of hydrogen-bond donors (Lipinski definition) is 2. The maximum atomic E-state index is 11.5. The highest BCUT2D eigenvalue weighted by atomic mass is 35.5. The number of sulfonamides is 1. The van der Waals surface area contributed by atoms with Gasteiger partial charge in [0.25, 0.3) is 0 Å². The van der Waals surface area contributed by atoms with Crippen molar-refractivity contribution in [1.29, 1.82) is 0 Å². The number of thiocarbonyl (C=S) groups is 1. The SMILES string of the molecule is CN(O)C(=S)SCC=Cn1cc(-c2ccc(Cl)cc2)c(-c2ccc(S(N)(=O)=O)cc2)n1. The predicted octanol–water partition coefficient (Wildman–Crippen LogP) is 4.33. The van der Waals surface area contributed by atoms with E-state index in [0.717, 1.165) is 21.8 Å². The van der Waals surface area contributed by atoms with Crippen LogP contribution in [0.4, 0.5) is 0 Å². The van der Waals surface area contributed by atoms with Gasteiger partial charge in [0.1, 0.15) is 5.69 Å². The van der Waals surface area contributed by atoms with Gasteiger partial charge in [-0.25, -0.2) is 23.3 Å². The van der Waals surface area contributed by atoms with Crippen LogP contribution in [0.2, 0.25) is 5.02 Å². The number of thioether (sulfide) groups is 1. The first kappa shape index (κ1) is 23.5. The van der Waals surface area contributed by atoms with Crippen molar-refractivity contribution in [3.8, 4) is 22.4 Å². The van der Waals surface area contributed by atoms with Gasteiger partial charge in [-0.05, 0) is 29.8 Å². The normalized spacial score (nSPS) is 11.7. The summed E-state index contributed by atoms with van der Waals surface area (Å²) in [4.78, 5) is 0.0328. The summed E-state index contributed by atoms with van der Waals surface area (Å²) in [5.74, 6) is 0.554. The summed E-state index contributed by atoms with van der Waals surface area (Å²) in [5, 5.41) is 20.6. The Kier molecular flexibility index (Phi) is 7.52. The van der Waals surface area contributed by atoms with Gasteiger partial charge in [-0.15, -0.1) is 0 Å². The minimum Gasteiger partial charge on any atom is -0.287 e. The van der Waals surface area contributed by atoms with Gasteiger partial charge in [0, 0.05) is 41.3 Å². The van der Waals surface area contributed by atoms with Crippen LogP contribution in [0.5, 0.6) is 0 Å². The summed E-state index contributed by atoms with van der Waals surface area (Å²) in [7, 11) is -2.31. The van der Waals surface area contributed by atoms with Gasteiger partial charge in [0.15, 0.2) is 4.32 Å². The summed E-state index contributed by atoms with van der Waals surface area (Å²) in [6, 6.07) is 13.6. The Morgan fingerprint density at radius 2 is 1.84 bits per heavy atom. The Hall–Kier alpha value is -2.21. The summed E-state index contributed by atoms with van der Waals surface area (Å²) in [5.41, 5.74) is 3.17. The van der Waals surface area contributed by atoms with Crippen LogP contribution in [0.25, 0.3) is 28.6 Å². The van der Waals surface area contributed by atoms with Crippen molar-refractivity contribution in [3.05, 3.63) is 65.8 Å². The molecule has 0 radical (unpaired) electrons. The number of aromatic nitrogens is 2. The Morgan fingerprint density at radius 1 is 1.23 bits per heavy atom. The van der Waals surface area contributed by atoms with Crippen LogP contribution in [-0.4, -0.2) is 45.6 Å². The van der Waals surface area contributed by atoms with Gasteiger partial charge in [0.05, 0.1) is 4.90 Å². The van der Waals surface area contributed by atoms with Crippen LogP contribution in [0.1, 0.15) is 0 Å². The molecule has 7 nitrogen and oxygen atoms in total. The summed E-state index contributed by atoms with van der Waals surface area (Å²) >= 11 is 12.4. The van der Waals surface area contributed by atoms with Crippen molar-refractivity contribution in [2.24, 2.45) is 5.14 Å². The Labute approximate surface area is 195 Å². The molecule has 0 unspecified atom stereocenters. The van der Waals surface area contributed by atoms with Gasteiger partial charge in [0.2, 0.25) is 10.0 Å². The molecule has 0 aliphatic heterocycles. The zero-order valence-corrected chi connectivity index (χ0v) is 19.5. The van der Waals surface area contributed by atoms with Crippen molar-refractivity contribution in [1.82, 2.24) is 14.8 Å². The number of halogens is 1. The first-order chi connectivity index (χ1) is 14.6. The van der Waals surface area contributed by atoms with Gasteiger partial charge in [-0.3, -0.25) is 5.21 Å². The monoisotopic (exact) mass is 494 g/mol. The molecule has 3 N–H and O–H groups in total. The van der Waals surface area contributed by atoms with Crippen LogP contribution in [0, 0.1) is 0 Å². The van der Waals surface area contributed by atoms with Crippen molar-refractivity contribution in [3.63, 3.8) is 0 Å². The van der Waals surface area contributed by atoms with Crippen LogP contribution >= 0.6 is 35.6 Å². The maximum Gasteiger partial charge on any atom is 0.238 e. The first-order valence-electron chi connectivity index (χ1n) is 8.89. The zero-order valence-electron chi connectivity index (χ0n) is 16.3. The van der Waals surface area contributed by atoms with Crippen LogP contribution in [0.3, 0.4) is 0 Å². The summed E-state index contributed by atoms with van der Waals surface area (Å²) < 4.78 is 25.1.